The van der Waals surface area contributed by atoms with Crippen molar-refractivity contribution in [1.82, 2.24) is 9.29 Å². The average molecular weight is 474 g/mol. The molecule has 0 unspecified atom stereocenters. The number of hydrogen-bond acceptors (Lipinski definition) is 4. The van der Waals surface area contributed by atoms with E-state index in [2.05, 4.69) is 26.2 Å². The third-order valence-corrected chi connectivity index (χ3v) is 7.52. The standard InChI is InChI=1S/C21H20BrN3O3S/c22-16-8-10-17(11-9-16)29(27,28)25-13-3-4-15(14-25)21(26)24-20-7-1-6-19-18(20)5-2-12-23-19/h1-2,5-12,15H,3-4,13-14H2,(H,24,26)/t15-/m1/s1. The quantitative estimate of drug-likeness (QED) is 0.619. The number of hydrogen-bond donors (Lipinski definition) is 1. The molecule has 3 aromatic rings. The summed E-state index contributed by atoms with van der Waals surface area (Å²) in [5.74, 6) is -0.571. The number of rotatable bonds is 4. The second-order valence-corrected chi connectivity index (χ2v) is 9.87. The van der Waals surface area contributed by atoms with E-state index in [1.54, 1.807) is 30.5 Å². The lowest BCUT2D eigenvalue weighted by molar-refractivity contribution is -0.120. The molecule has 29 heavy (non-hydrogen) atoms. The van der Waals surface area contributed by atoms with Gasteiger partial charge in [-0.1, -0.05) is 22.0 Å². The molecule has 0 aliphatic carbocycles. The Labute approximate surface area is 178 Å². The first kappa shape index (κ1) is 20.0. The van der Waals surface area contributed by atoms with E-state index in [4.69, 9.17) is 0 Å². The first-order chi connectivity index (χ1) is 13.9. The Morgan fingerprint density at radius 3 is 2.69 bits per heavy atom. The highest BCUT2D eigenvalue weighted by atomic mass is 79.9. The summed E-state index contributed by atoms with van der Waals surface area (Å²) in [6.07, 6.45) is 3.01. The molecule has 1 N–H and O–H groups in total. The smallest absolute Gasteiger partial charge is 0.243 e. The van der Waals surface area contributed by atoms with Gasteiger partial charge in [-0.2, -0.15) is 4.31 Å². The van der Waals surface area contributed by atoms with E-state index in [0.29, 0.717) is 25.1 Å². The zero-order chi connectivity index (χ0) is 20.4. The van der Waals surface area contributed by atoms with Crippen LogP contribution >= 0.6 is 15.9 Å². The monoisotopic (exact) mass is 473 g/mol. The summed E-state index contributed by atoms with van der Waals surface area (Å²) in [5, 5.41) is 3.83. The molecule has 0 radical (unpaired) electrons. The number of nitrogens with zero attached hydrogens (tertiary/aromatic N) is 2. The Bertz CT molecular complexity index is 1140. The van der Waals surface area contributed by atoms with E-state index in [1.807, 2.05) is 30.3 Å². The molecule has 1 fully saturated rings. The lowest BCUT2D eigenvalue weighted by Gasteiger charge is -2.31. The van der Waals surface area contributed by atoms with Gasteiger partial charge in [0, 0.05) is 29.1 Å². The number of amides is 1. The Morgan fingerprint density at radius 2 is 1.90 bits per heavy atom. The largest absolute Gasteiger partial charge is 0.325 e. The van der Waals surface area contributed by atoms with E-state index in [9.17, 15) is 13.2 Å². The lowest BCUT2D eigenvalue weighted by Crippen LogP contribution is -2.43. The van der Waals surface area contributed by atoms with Crippen molar-refractivity contribution in [1.29, 1.82) is 0 Å². The molecule has 150 valence electrons. The maximum Gasteiger partial charge on any atom is 0.243 e. The second-order valence-electron chi connectivity index (χ2n) is 7.02. The number of nitrogens with one attached hydrogen (secondary N) is 1. The van der Waals surface area contributed by atoms with Gasteiger partial charge in [-0.3, -0.25) is 9.78 Å². The summed E-state index contributed by atoms with van der Waals surface area (Å²) in [6, 6.07) is 15.9. The van der Waals surface area contributed by atoms with Crippen LogP contribution < -0.4 is 5.32 Å². The minimum atomic E-state index is -3.63. The van der Waals surface area contributed by atoms with Crippen LogP contribution in [0.15, 0.2) is 70.2 Å². The van der Waals surface area contributed by atoms with Crippen LogP contribution in [0.5, 0.6) is 0 Å². The molecule has 4 rings (SSSR count). The van der Waals surface area contributed by atoms with Crippen LogP contribution in [0.1, 0.15) is 12.8 Å². The molecule has 1 aliphatic rings. The number of halogens is 1. The summed E-state index contributed by atoms with van der Waals surface area (Å²) >= 11 is 3.32. The summed E-state index contributed by atoms with van der Waals surface area (Å²) in [7, 11) is -3.63. The van der Waals surface area contributed by atoms with Gasteiger partial charge in [-0.05, 0) is 61.4 Å². The summed E-state index contributed by atoms with van der Waals surface area (Å²) in [4.78, 5) is 17.4. The van der Waals surface area contributed by atoms with Gasteiger partial charge in [-0.25, -0.2) is 8.42 Å². The van der Waals surface area contributed by atoms with Crippen LogP contribution in [0, 0.1) is 5.92 Å². The van der Waals surface area contributed by atoms with E-state index in [0.717, 1.165) is 15.4 Å². The predicted molar refractivity (Wildman–Crippen MR) is 116 cm³/mol. The van der Waals surface area contributed by atoms with Crippen molar-refractivity contribution in [3.05, 3.63) is 65.3 Å². The number of sulfonamides is 1. The van der Waals surface area contributed by atoms with Crippen molar-refractivity contribution in [2.24, 2.45) is 5.92 Å². The molecule has 2 heterocycles. The van der Waals surface area contributed by atoms with Gasteiger partial charge in [0.05, 0.1) is 22.0 Å². The van der Waals surface area contributed by atoms with Gasteiger partial charge in [-0.15, -0.1) is 0 Å². The SMILES string of the molecule is O=C(Nc1cccc2ncccc12)[C@@H]1CCCN(S(=O)(=O)c2ccc(Br)cc2)C1. The Morgan fingerprint density at radius 1 is 1.10 bits per heavy atom. The fraction of sp³-hybridized carbons (Fsp3) is 0.238. The number of anilines is 1. The van der Waals surface area contributed by atoms with E-state index in [-0.39, 0.29) is 17.3 Å². The molecular formula is C21H20BrN3O3S. The molecule has 8 heteroatoms. The van der Waals surface area contributed by atoms with Gasteiger partial charge < -0.3 is 5.32 Å². The van der Waals surface area contributed by atoms with Crippen molar-refractivity contribution in [2.45, 2.75) is 17.7 Å². The van der Waals surface area contributed by atoms with Gasteiger partial charge in [0.15, 0.2) is 0 Å². The number of carbonyl (C=O) groups excluding carboxylic acids is 1. The molecule has 1 saturated heterocycles. The van der Waals surface area contributed by atoms with Crippen LogP contribution in [0.25, 0.3) is 10.9 Å². The maximum atomic E-state index is 13.0. The molecular weight excluding hydrogens is 454 g/mol. The summed E-state index contributed by atoms with van der Waals surface area (Å²) in [6.45, 7) is 0.591. The van der Waals surface area contributed by atoms with E-state index in [1.165, 1.54) is 4.31 Å². The third kappa shape index (κ3) is 4.19. The van der Waals surface area contributed by atoms with Gasteiger partial charge in [0.25, 0.3) is 0 Å². The molecule has 1 aromatic heterocycles. The fourth-order valence-electron chi connectivity index (χ4n) is 3.58. The highest BCUT2D eigenvalue weighted by Gasteiger charge is 2.33. The van der Waals surface area contributed by atoms with Crippen molar-refractivity contribution in [2.75, 3.05) is 18.4 Å². The maximum absolute atomic E-state index is 13.0. The van der Waals surface area contributed by atoms with Crippen molar-refractivity contribution in [3.8, 4) is 0 Å². The van der Waals surface area contributed by atoms with Crippen LogP contribution in [0.4, 0.5) is 5.69 Å². The van der Waals surface area contributed by atoms with Crippen LogP contribution in [-0.2, 0) is 14.8 Å². The van der Waals surface area contributed by atoms with Crippen molar-refractivity contribution >= 4 is 48.5 Å². The molecule has 6 nitrogen and oxygen atoms in total. The van der Waals surface area contributed by atoms with E-state index < -0.39 is 15.9 Å². The van der Waals surface area contributed by atoms with Gasteiger partial charge >= 0.3 is 0 Å². The first-order valence-corrected chi connectivity index (χ1v) is 11.6. The number of carbonyl (C=O) groups is 1. The normalized spacial score (nSPS) is 17.9. The fourth-order valence-corrected chi connectivity index (χ4v) is 5.37. The first-order valence-electron chi connectivity index (χ1n) is 9.35. The summed E-state index contributed by atoms with van der Waals surface area (Å²) in [5.41, 5.74) is 1.49. The number of benzene rings is 2. The summed E-state index contributed by atoms with van der Waals surface area (Å²) < 4.78 is 28.2. The number of piperidine rings is 1. The molecule has 1 amide bonds. The molecule has 2 aromatic carbocycles. The Balaban J connectivity index is 1.52. The average Bonchev–Trinajstić information content (AvgIpc) is 2.74. The molecule has 1 atom stereocenters. The topological polar surface area (TPSA) is 79.4 Å². The van der Waals surface area contributed by atoms with Crippen molar-refractivity contribution in [3.63, 3.8) is 0 Å². The van der Waals surface area contributed by atoms with Crippen LogP contribution in [-0.4, -0.2) is 36.7 Å². The minimum Gasteiger partial charge on any atom is -0.325 e. The Kier molecular flexibility index (Phi) is 5.67. The van der Waals surface area contributed by atoms with Crippen molar-refractivity contribution < 1.29 is 13.2 Å². The van der Waals surface area contributed by atoms with E-state index >= 15 is 0 Å². The van der Waals surface area contributed by atoms with Crippen LogP contribution in [0.3, 0.4) is 0 Å². The highest BCUT2D eigenvalue weighted by Crippen LogP contribution is 2.27. The number of aromatic nitrogens is 1. The second kappa shape index (κ2) is 8.22. The zero-order valence-electron chi connectivity index (χ0n) is 15.6. The Hall–Kier alpha value is -2.29. The zero-order valence-corrected chi connectivity index (χ0v) is 18.0. The van der Waals surface area contributed by atoms with Gasteiger partial charge in [0.2, 0.25) is 15.9 Å². The van der Waals surface area contributed by atoms with Crippen LogP contribution in [0.2, 0.25) is 0 Å². The molecule has 0 bridgehead atoms. The lowest BCUT2D eigenvalue weighted by atomic mass is 9.98. The highest BCUT2D eigenvalue weighted by molar-refractivity contribution is 9.10. The molecule has 1 aliphatic heterocycles. The third-order valence-electron chi connectivity index (χ3n) is 5.11. The molecule has 0 saturated carbocycles. The number of pyridine rings is 1. The molecule has 0 spiro atoms. The number of fused-ring (bicyclic) bond motifs is 1. The predicted octanol–water partition coefficient (Wildman–Crippen LogP) is 4.04. The minimum absolute atomic E-state index is 0.169. The van der Waals surface area contributed by atoms with Gasteiger partial charge in [0.1, 0.15) is 0 Å².